The molecule has 0 radical (unpaired) electrons. The summed E-state index contributed by atoms with van der Waals surface area (Å²) in [6.07, 6.45) is 1.67. The van der Waals surface area contributed by atoms with Crippen LogP contribution < -0.4 is 10.1 Å². The van der Waals surface area contributed by atoms with Crippen molar-refractivity contribution in [2.75, 3.05) is 12.4 Å². The van der Waals surface area contributed by atoms with Crippen molar-refractivity contribution in [1.82, 2.24) is 9.97 Å². The summed E-state index contributed by atoms with van der Waals surface area (Å²) >= 11 is 6.38. The maximum Gasteiger partial charge on any atom is 0.147 e. The standard InChI is InChI=1S/C23H20ClN3O2/c1-14-5-3-7-20(26-14)27-21(16-9-11-19(29-2)18(24)13-16)17-10-8-15-6-4-12-25-22(15)23(17)28/h3-13,21,28H,1-2H3,(H,26,27). The van der Waals surface area contributed by atoms with Crippen LogP contribution in [-0.4, -0.2) is 22.2 Å². The molecule has 1 unspecified atom stereocenters. The summed E-state index contributed by atoms with van der Waals surface area (Å²) in [5.41, 5.74) is 2.99. The Hall–Kier alpha value is -3.31. The highest BCUT2D eigenvalue weighted by Crippen LogP contribution is 2.38. The lowest BCUT2D eigenvalue weighted by Gasteiger charge is -2.22. The minimum atomic E-state index is -0.390. The lowest BCUT2D eigenvalue weighted by molar-refractivity contribution is 0.415. The molecule has 0 aliphatic heterocycles. The third-order valence-electron chi connectivity index (χ3n) is 4.78. The summed E-state index contributed by atoms with van der Waals surface area (Å²) in [7, 11) is 1.58. The van der Waals surface area contributed by atoms with Gasteiger partial charge in [-0.05, 0) is 42.8 Å². The second-order valence-corrected chi connectivity index (χ2v) is 7.12. The van der Waals surface area contributed by atoms with Crippen LogP contribution in [0.3, 0.4) is 0 Å². The van der Waals surface area contributed by atoms with Gasteiger partial charge in [0.1, 0.15) is 22.8 Å². The van der Waals surface area contributed by atoms with Gasteiger partial charge in [0.05, 0.1) is 18.2 Å². The molecule has 0 spiro atoms. The van der Waals surface area contributed by atoms with E-state index >= 15 is 0 Å². The quantitative estimate of drug-likeness (QED) is 0.458. The van der Waals surface area contributed by atoms with Crippen LogP contribution in [-0.2, 0) is 0 Å². The Labute approximate surface area is 174 Å². The zero-order chi connectivity index (χ0) is 20.4. The first-order chi connectivity index (χ1) is 14.1. The third-order valence-corrected chi connectivity index (χ3v) is 5.08. The number of methoxy groups -OCH3 is 1. The summed E-state index contributed by atoms with van der Waals surface area (Å²) in [4.78, 5) is 8.89. The number of aryl methyl sites for hydroxylation is 1. The van der Waals surface area contributed by atoms with Crippen molar-refractivity contribution in [2.45, 2.75) is 13.0 Å². The van der Waals surface area contributed by atoms with Crippen LogP contribution in [0.2, 0.25) is 5.02 Å². The fourth-order valence-electron chi connectivity index (χ4n) is 3.35. The van der Waals surface area contributed by atoms with Crippen LogP contribution in [0.1, 0.15) is 22.9 Å². The first-order valence-electron chi connectivity index (χ1n) is 9.17. The molecule has 0 amide bonds. The van der Waals surface area contributed by atoms with E-state index in [2.05, 4.69) is 15.3 Å². The van der Waals surface area contributed by atoms with Crippen LogP contribution in [0.15, 0.2) is 66.9 Å². The topological polar surface area (TPSA) is 67.3 Å². The number of nitrogens with one attached hydrogen (secondary N) is 1. The normalized spacial score (nSPS) is 12.0. The highest BCUT2D eigenvalue weighted by Gasteiger charge is 2.21. The summed E-state index contributed by atoms with van der Waals surface area (Å²) in [5.74, 6) is 1.41. The van der Waals surface area contributed by atoms with E-state index in [1.807, 2.05) is 67.6 Å². The van der Waals surface area contributed by atoms with Crippen molar-refractivity contribution in [2.24, 2.45) is 0 Å². The second-order valence-electron chi connectivity index (χ2n) is 6.71. The maximum atomic E-state index is 11.0. The monoisotopic (exact) mass is 405 g/mol. The highest BCUT2D eigenvalue weighted by atomic mass is 35.5. The molecule has 0 saturated carbocycles. The van der Waals surface area contributed by atoms with Gasteiger partial charge in [0.25, 0.3) is 0 Å². The molecule has 29 heavy (non-hydrogen) atoms. The molecule has 146 valence electrons. The molecule has 2 heterocycles. The zero-order valence-corrected chi connectivity index (χ0v) is 16.8. The minimum Gasteiger partial charge on any atom is -0.505 e. The van der Waals surface area contributed by atoms with Crippen molar-refractivity contribution in [1.29, 1.82) is 0 Å². The molecule has 4 aromatic rings. The number of fused-ring (bicyclic) bond motifs is 1. The van der Waals surface area contributed by atoms with E-state index in [0.29, 0.717) is 27.7 Å². The third kappa shape index (κ3) is 3.82. The molecule has 2 aromatic heterocycles. The van der Waals surface area contributed by atoms with E-state index in [9.17, 15) is 5.11 Å². The smallest absolute Gasteiger partial charge is 0.147 e. The van der Waals surface area contributed by atoms with Gasteiger partial charge in [0.15, 0.2) is 0 Å². The highest BCUT2D eigenvalue weighted by molar-refractivity contribution is 6.32. The van der Waals surface area contributed by atoms with Gasteiger partial charge in [-0.3, -0.25) is 4.98 Å². The van der Waals surface area contributed by atoms with Gasteiger partial charge in [-0.15, -0.1) is 0 Å². The molecular weight excluding hydrogens is 386 g/mol. The van der Waals surface area contributed by atoms with Gasteiger partial charge in [-0.2, -0.15) is 0 Å². The van der Waals surface area contributed by atoms with Crippen molar-refractivity contribution in [3.05, 3.63) is 88.7 Å². The number of nitrogens with zero attached hydrogens (tertiary/aromatic N) is 2. The van der Waals surface area contributed by atoms with Crippen molar-refractivity contribution in [3.8, 4) is 11.5 Å². The number of halogens is 1. The summed E-state index contributed by atoms with van der Waals surface area (Å²) in [6.45, 7) is 1.93. The molecule has 6 heteroatoms. The Kier molecular flexibility index (Phi) is 5.23. The molecule has 2 N–H and O–H groups in total. The van der Waals surface area contributed by atoms with Crippen molar-refractivity contribution >= 4 is 28.3 Å². The number of aromatic hydroxyl groups is 1. The molecule has 0 fully saturated rings. The van der Waals surface area contributed by atoms with E-state index in [1.165, 1.54) is 0 Å². The Morgan fingerprint density at radius 3 is 2.69 bits per heavy atom. The number of phenolic OH excluding ortho intramolecular Hbond substituents is 1. The lowest BCUT2D eigenvalue weighted by Crippen LogP contribution is -2.14. The number of rotatable bonds is 5. The average Bonchev–Trinajstić information content (AvgIpc) is 2.73. The Balaban J connectivity index is 1.86. The number of phenols is 1. The lowest BCUT2D eigenvalue weighted by atomic mass is 9.96. The molecule has 0 bridgehead atoms. The number of hydrogen-bond acceptors (Lipinski definition) is 5. The van der Waals surface area contributed by atoms with Gasteiger partial charge >= 0.3 is 0 Å². The van der Waals surface area contributed by atoms with Crippen LogP contribution >= 0.6 is 11.6 Å². The molecule has 2 aromatic carbocycles. The van der Waals surface area contributed by atoms with Crippen LogP contribution in [0.5, 0.6) is 11.5 Å². The summed E-state index contributed by atoms with van der Waals surface area (Å²) in [5, 5.41) is 15.8. The van der Waals surface area contributed by atoms with Crippen molar-refractivity contribution < 1.29 is 9.84 Å². The van der Waals surface area contributed by atoms with Gasteiger partial charge in [-0.25, -0.2) is 4.98 Å². The van der Waals surface area contributed by atoms with Gasteiger partial charge in [-0.1, -0.05) is 41.9 Å². The first-order valence-corrected chi connectivity index (χ1v) is 9.55. The average molecular weight is 406 g/mol. The molecule has 4 rings (SSSR count). The Morgan fingerprint density at radius 1 is 1.07 bits per heavy atom. The first kappa shape index (κ1) is 19.0. The number of aromatic nitrogens is 2. The number of ether oxygens (including phenoxy) is 1. The van der Waals surface area contributed by atoms with E-state index in [-0.39, 0.29) is 11.8 Å². The number of pyridine rings is 2. The molecular formula is C23H20ClN3O2. The Morgan fingerprint density at radius 2 is 1.93 bits per heavy atom. The number of hydrogen-bond donors (Lipinski definition) is 2. The van der Waals surface area contributed by atoms with E-state index < -0.39 is 0 Å². The van der Waals surface area contributed by atoms with Gasteiger partial charge < -0.3 is 15.2 Å². The predicted octanol–water partition coefficient (Wildman–Crippen LogP) is 5.51. The maximum absolute atomic E-state index is 11.0. The SMILES string of the molecule is COc1ccc(C(Nc2cccc(C)n2)c2ccc3cccnc3c2O)cc1Cl. The van der Waals surface area contributed by atoms with Crippen molar-refractivity contribution in [3.63, 3.8) is 0 Å². The summed E-state index contributed by atoms with van der Waals surface area (Å²) < 4.78 is 5.28. The fourth-order valence-corrected chi connectivity index (χ4v) is 3.62. The van der Waals surface area contributed by atoms with Crippen LogP contribution in [0.25, 0.3) is 10.9 Å². The minimum absolute atomic E-state index is 0.125. The molecule has 0 aliphatic carbocycles. The second kappa shape index (κ2) is 7.97. The zero-order valence-electron chi connectivity index (χ0n) is 16.1. The molecule has 0 aliphatic rings. The molecule has 0 saturated heterocycles. The van der Waals surface area contributed by atoms with Crippen LogP contribution in [0.4, 0.5) is 5.82 Å². The molecule has 5 nitrogen and oxygen atoms in total. The van der Waals surface area contributed by atoms with Gasteiger partial charge in [0, 0.05) is 22.8 Å². The molecule has 1 atom stereocenters. The van der Waals surface area contributed by atoms with E-state index in [0.717, 1.165) is 16.6 Å². The van der Waals surface area contributed by atoms with E-state index in [4.69, 9.17) is 16.3 Å². The predicted molar refractivity (Wildman–Crippen MR) is 116 cm³/mol. The Bertz CT molecular complexity index is 1180. The summed E-state index contributed by atoms with van der Waals surface area (Å²) in [6, 6.07) is 18.5. The van der Waals surface area contributed by atoms with Gasteiger partial charge in [0.2, 0.25) is 0 Å². The van der Waals surface area contributed by atoms with Crippen LogP contribution in [0, 0.1) is 6.92 Å². The largest absolute Gasteiger partial charge is 0.505 e. The van der Waals surface area contributed by atoms with E-state index in [1.54, 1.807) is 13.3 Å². The number of benzene rings is 2. The number of anilines is 1. The fraction of sp³-hybridized carbons (Fsp3) is 0.130.